The molecule has 0 spiro atoms. The van der Waals surface area contributed by atoms with Crippen LogP contribution in [0.15, 0.2) is 42.6 Å². The molecule has 5 nitrogen and oxygen atoms in total. The van der Waals surface area contributed by atoms with Gasteiger partial charge >= 0.3 is 6.03 Å². The van der Waals surface area contributed by atoms with Crippen LogP contribution in [0.2, 0.25) is 5.02 Å². The number of nitrogens with zero attached hydrogens (tertiary/aromatic N) is 2. The first-order valence-corrected chi connectivity index (χ1v) is 9.50. The molecule has 0 bridgehead atoms. The van der Waals surface area contributed by atoms with Crippen molar-refractivity contribution < 1.29 is 4.79 Å². The molecule has 1 fully saturated rings. The molecular formula is C20H25ClN4O. The highest BCUT2D eigenvalue weighted by molar-refractivity contribution is 6.31. The van der Waals surface area contributed by atoms with Crippen molar-refractivity contribution in [3.05, 3.63) is 58.7 Å². The van der Waals surface area contributed by atoms with Crippen LogP contribution in [0.4, 0.5) is 10.6 Å². The average molecular weight is 373 g/mol. The van der Waals surface area contributed by atoms with Crippen LogP contribution in [0, 0.1) is 0 Å². The van der Waals surface area contributed by atoms with Crippen molar-refractivity contribution in [2.75, 3.05) is 18.0 Å². The van der Waals surface area contributed by atoms with Gasteiger partial charge < -0.3 is 15.5 Å². The first-order chi connectivity index (χ1) is 12.6. The number of benzene rings is 1. The topological polar surface area (TPSA) is 57.3 Å². The summed E-state index contributed by atoms with van der Waals surface area (Å²) in [4.78, 5) is 19.0. The summed E-state index contributed by atoms with van der Waals surface area (Å²) in [6.07, 6.45) is 5.60. The Morgan fingerprint density at radius 3 is 2.65 bits per heavy atom. The number of amides is 2. The van der Waals surface area contributed by atoms with Crippen LogP contribution in [0.25, 0.3) is 0 Å². The van der Waals surface area contributed by atoms with Crippen molar-refractivity contribution in [2.45, 2.75) is 38.8 Å². The van der Waals surface area contributed by atoms with E-state index < -0.39 is 0 Å². The predicted octanol–water partition coefficient (Wildman–Crippen LogP) is 4.29. The van der Waals surface area contributed by atoms with Gasteiger partial charge in [-0.3, -0.25) is 0 Å². The fraction of sp³-hybridized carbons (Fsp3) is 0.400. The standard InChI is InChI=1S/C20H25ClN4O/c1-15(17-7-3-4-8-18(17)21)24-20(26)23-14-16-9-10-19(22-13-16)25-11-5-2-6-12-25/h3-4,7-10,13,15H,2,5-6,11-12,14H2,1H3,(H2,23,24,26). The number of carbonyl (C=O) groups excluding carboxylic acids is 1. The molecule has 2 N–H and O–H groups in total. The fourth-order valence-electron chi connectivity index (χ4n) is 3.17. The van der Waals surface area contributed by atoms with E-state index in [-0.39, 0.29) is 12.1 Å². The first-order valence-electron chi connectivity index (χ1n) is 9.12. The van der Waals surface area contributed by atoms with Gasteiger partial charge in [0.1, 0.15) is 5.82 Å². The molecule has 0 saturated carbocycles. The second-order valence-corrected chi connectivity index (χ2v) is 7.05. The minimum Gasteiger partial charge on any atom is -0.357 e. The summed E-state index contributed by atoms with van der Waals surface area (Å²) in [5.41, 5.74) is 1.88. The zero-order valence-electron chi connectivity index (χ0n) is 15.0. The SMILES string of the molecule is CC(NC(=O)NCc1ccc(N2CCCCC2)nc1)c1ccccc1Cl. The number of halogens is 1. The summed E-state index contributed by atoms with van der Waals surface area (Å²) >= 11 is 6.17. The van der Waals surface area contributed by atoms with E-state index >= 15 is 0 Å². The Morgan fingerprint density at radius 2 is 1.96 bits per heavy atom. The quantitative estimate of drug-likeness (QED) is 0.823. The Labute approximate surface area is 159 Å². The summed E-state index contributed by atoms with van der Waals surface area (Å²) < 4.78 is 0. The van der Waals surface area contributed by atoms with Crippen molar-refractivity contribution in [3.8, 4) is 0 Å². The van der Waals surface area contributed by atoms with Crippen molar-refractivity contribution in [1.29, 1.82) is 0 Å². The molecule has 1 aliphatic heterocycles. The lowest BCUT2D eigenvalue weighted by atomic mass is 10.1. The molecule has 6 heteroatoms. The lowest BCUT2D eigenvalue weighted by Gasteiger charge is -2.27. The summed E-state index contributed by atoms with van der Waals surface area (Å²) in [6, 6.07) is 11.2. The van der Waals surface area contributed by atoms with E-state index in [1.165, 1.54) is 19.3 Å². The molecular weight excluding hydrogens is 348 g/mol. The van der Waals surface area contributed by atoms with Crippen molar-refractivity contribution in [1.82, 2.24) is 15.6 Å². The zero-order valence-corrected chi connectivity index (χ0v) is 15.8. The highest BCUT2D eigenvalue weighted by Crippen LogP contribution is 2.22. The van der Waals surface area contributed by atoms with Gasteiger partial charge in [-0.25, -0.2) is 9.78 Å². The van der Waals surface area contributed by atoms with E-state index in [1.807, 2.05) is 49.5 Å². The van der Waals surface area contributed by atoms with Gasteiger partial charge in [0.15, 0.2) is 0 Å². The van der Waals surface area contributed by atoms with Crippen LogP contribution in [0.5, 0.6) is 0 Å². The Kier molecular flexibility index (Phi) is 6.34. The number of urea groups is 1. The molecule has 1 atom stereocenters. The Morgan fingerprint density at radius 1 is 1.19 bits per heavy atom. The van der Waals surface area contributed by atoms with E-state index in [2.05, 4.69) is 20.5 Å². The summed E-state index contributed by atoms with van der Waals surface area (Å²) in [5.74, 6) is 1.02. The van der Waals surface area contributed by atoms with E-state index in [0.717, 1.165) is 30.0 Å². The van der Waals surface area contributed by atoms with Gasteiger partial charge in [0.05, 0.1) is 6.04 Å². The zero-order chi connectivity index (χ0) is 18.4. The van der Waals surface area contributed by atoms with Gasteiger partial charge in [-0.1, -0.05) is 35.9 Å². The molecule has 1 aromatic heterocycles. The van der Waals surface area contributed by atoms with Crippen LogP contribution >= 0.6 is 11.6 Å². The molecule has 0 aliphatic carbocycles. The number of piperidine rings is 1. The van der Waals surface area contributed by atoms with Crippen LogP contribution in [0.3, 0.4) is 0 Å². The molecule has 1 saturated heterocycles. The van der Waals surface area contributed by atoms with Gasteiger partial charge in [0.2, 0.25) is 0 Å². The predicted molar refractivity (Wildman–Crippen MR) is 106 cm³/mol. The van der Waals surface area contributed by atoms with Gasteiger partial charge in [-0.05, 0) is 49.4 Å². The lowest BCUT2D eigenvalue weighted by Crippen LogP contribution is -2.36. The third-order valence-electron chi connectivity index (χ3n) is 4.66. The van der Waals surface area contributed by atoms with E-state index in [0.29, 0.717) is 11.6 Å². The van der Waals surface area contributed by atoms with Crippen LogP contribution < -0.4 is 15.5 Å². The van der Waals surface area contributed by atoms with E-state index in [1.54, 1.807) is 0 Å². The van der Waals surface area contributed by atoms with Gasteiger partial charge in [0.25, 0.3) is 0 Å². The number of nitrogens with one attached hydrogen (secondary N) is 2. The van der Waals surface area contributed by atoms with Crippen molar-refractivity contribution in [2.24, 2.45) is 0 Å². The van der Waals surface area contributed by atoms with Gasteiger partial charge in [-0.15, -0.1) is 0 Å². The highest BCUT2D eigenvalue weighted by Gasteiger charge is 2.13. The number of hydrogen-bond acceptors (Lipinski definition) is 3. The normalized spacial score (nSPS) is 15.4. The second kappa shape index (κ2) is 8.90. The minimum absolute atomic E-state index is 0.164. The molecule has 1 unspecified atom stereocenters. The molecule has 2 amide bonds. The third kappa shape index (κ3) is 4.88. The summed E-state index contributed by atoms with van der Waals surface area (Å²) in [6.45, 7) is 4.50. The smallest absolute Gasteiger partial charge is 0.315 e. The third-order valence-corrected chi connectivity index (χ3v) is 5.01. The Balaban J connectivity index is 1.49. The maximum absolute atomic E-state index is 12.1. The first kappa shape index (κ1) is 18.5. The molecule has 1 aromatic carbocycles. The van der Waals surface area contributed by atoms with Crippen LogP contribution in [-0.4, -0.2) is 24.1 Å². The van der Waals surface area contributed by atoms with Gasteiger partial charge in [0, 0.05) is 30.9 Å². The maximum Gasteiger partial charge on any atom is 0.315 e. The second-order valence-electron chi connectivity index (χ2n) is 6.64. The summed E-state index contributed by atoms with van der Waals surface area (Å²) in [7, 11) is 0. The molecule has 26 heavy (non-hydrogen) atoms. The lowest BCUT2D eigenvalue weighted by molar-refractivity contribution is 0.237. The number of aromatic nitrogens is 1. The molecule has 2 aromatic rings. The maximum atomic E-state index is 12.1. The molecule has 0 radical (unpaired) electrons. The molecule has 3 rings (SSSR count). The number of rotatable bonds is 5. The van der Waals surface area contributed by atoms with Crippen LogP contribution in [0.1, 0.15) is 43.4 Å². The highest BCUT2D eigenvalue weighted by atomic mass is 35.5. The largest absolute Gasteiger partial charge is 0.357 e. The van der Waals surface area contributed by atoms with Crippen molar-refractivity contribution in [3.63, 3.8) is 0 Å². The Hall–Kier alpha value is -2.27. The van der Waals surface area contributed by atoms with Gasteiger partial charge in [-0.2, -0.15) is 0 Å². The number of carbonyl (C=O) groups is 1. The number of pyridine rings is 1. The fourth-order valence-corrected chi connectivity index (χ4v) is 3.46. The van der Waals surface area contributed by atoms with Crippen LogP contribution in [-0.2, 0) is 6.54 Å². The Bertz CT molecular complexity index is 729. The van der Waals surface area contributed by atoms with E-state index in [9.17, 15) is 4.79 Å². The number of hydrogen-bond donors (Lipinski definition) is 2. The van der Waals surface area contributed by atoms with E-state index in [4.69, 9.17) is 11.6 Å². The summed E-state index contributed by atoms with van der Waals surface area (Å²) in [5, 5.41) is 6.43. The molecule has 138 valence electrons. The average Bonchev–Trinajstić information content (AvgIpc) is 2.68. The van der Waals surface area contributed by atoms with Crippen molar-refractivity contribution >= 4 is 23.4 Å². The minimum atomic E-state index is -0.225. The monoisotopic (exact) mass is 372 g/mol. The molecule has 2 heterocycles. The molecule has 1 aliphatic rings. The number of anilines is 1.